The van der Waals surface area contributed by atoms with E-state index < -0.39 is 0 Å². The van der Waals surface area contributed by atoms with E-state index in [1.54, 1.807) is 19.2 Å². The summed E-state index contributed by atoms with van der Waals surface area (Å²) in [6.45, 7) is 2.02. The third-order valence-corrected chi connectivity index (χ3v) is 4.18. The molecule has 1 aromatic carbocycles. The van der Waals surface area contributed by atoms with Crippen LogP contribution in [0.5, 0.6) is 17.2 Å². The minimum Gasteiger partial charge on any atom is -0.493 e. The number of nitrogens with one attached hydrogen (secondary N) is 1. The predicted octanol–water partition coefficient (Wildman–Crippen LogP) is 3.33. The molecule has 0 fully saturated rings. The lowest BCUT2D eigenvalue weighted by Gasteiger charge is -2.22. The smallest absolute Gasteiger partial charge is 0.255 e. The van der Waals surface area contributed by atoms with Crippen LogP contribution < -0.4 is 19.5 Å². The van der Waals surface area contributed by atoms with E-state index in [0.717, 1.165) is 12.8 Å². The highest BCUT2D eigenvalue weighted by atomic mass is 16.5. The summed E-state index contributed by atoms with van der Waals surface area (Å²) in [7, 11) is 4.59. The summed E-state index contributed by atoms with van der Waals surface area (Å²) < 4.78 is 16.0. The third kappa shape index (κ3) is 3.78. The van der Waals surface area contributed by atoms with Crippen molar-refractivity contribution in [3.8, 4) is 17.2 Å². The Hall–Kier alpha value is -2.17. The van der Waals surface area contributed by atoms with Gasteiger partial charge in [0.15, 0.2) is 11.5 Å². The van der Waals surface area contributed by atoms with E-state index in [-0.39, 0.29) is 11.9 Å². The number of carbonyl (C=O) groups excluding carboxylic acids is 1. The molecule has 23 heavy (non-hydrogen) atoms. The molecule has 1 atom stereocenters. The second kappa shape index (κ2) is 7.90. The van der Waals surface area contributed by atoms with Gasteiger partial charge in [-0.3, -0.25) is 4.79 Å². The fourth-order valence-corrected chi connectivity index (χ4v) is 2.90. The first kappa shape index (κ1) is 17.2. The zero-order valence-corrected chi connectivity index (χ0v) is 14.3. The molecule has 1 amide bonds. The highest BCUT2D eigenvalue weighted by Gasteiger charge is 2.22. The Labute approximate surface area is 137 Å². The standard InChI is InChI=1S/C18H25NO4/c1-12(13-8-6-5-7-9-13)19-18(20)14-10-11-15(21-2)17(23-4)16(14)22-3/h8,10-12H,5-7,9H2,1-4H3,(H,19,20)/t12-/m1/s1. The normalized spacial score (nSPS) is 15.4. The molecule has 0 aromatic heterocycles. The molecule has 0 saturated heterocycles. The average molecular weight is 319 g/mol. The number of hydrogen-bond acceptors (Lipinski definition) is 4. The molecule has 0 heterocycles. The second-order valence-corrected chi connectivity index (χ2v) is 5.60. The maximum atomic E-state index is 12.6. The first-order valence-corrected chi connectivity index (χ1v) is 7.91. The van der Waals surface area contributed by atoms with Crippen molar-refractivity contribution >= 4 is 5.91 Å². The first-order valence-electron chi connectivity index (χ1n) is 7.91. The third-order valence-electron chi connectivity index (χ3n) is 4.18. The minimum atomic E-state index is -0.179. The molecule has 0 saturated carbocycles. The highest BCUT2D eigenvalue weighted by Crippen LogP contribution is 2.39. The fraction of sp³-hybridized carbons (Fsp3) is 0.500. The van der Waals surface area contributed by atoms with Crippen LogP contribution in [-0.4, -0.2) is 33.3 Å². The van der Waals surface area contributed by atoms with Crippen molar-refractivity contribution in [2.24, 2.45) is 0 Å². The Balaban J connectivity index is 2.23. The van der Waals surface area contributed by atoms with Gasteiger partial charge in [-0.15, -0.1) is 0 Å². The highest BCUT2D eigenvalue weighted by molar-refractivity contribution is 5.98. The molecule has 2 rings (SSSR count). The summed E-state index contributed by atoms with van der Waals surface area (Å²) in [6.07, 6.45) is 6.79. The van der Waals surface area contributed by atoms with Crippen LogP contribution in [0.15, 0.2) is 23.8 Å². The fourth-order valence-electron chi connectivity index (χ4n) is 2.90. The maximum Gasteiger partial charge on any atom is 0.255 e. The number of amides is 1. The zero-order chi connectivity index (χ0) is 16.8. The summed E-state index contributed by atoms with van der Waals surface area (Å²) in [5, 5.41) is 3.05. The Morgan fingerprint density at radius 2 is 1.83 bits per heavy atom. The van der Waals surface area contributed by atoms with Gasteiger partial charge < -0.3 is 19.5 Å². The van der Waals surface area contributed by atoms with Gasteiger partial charge in [0.2, 0.25) is 5.75 Å². The maximum absolute atomic E-state index is 12.6. The van der Waals surface area contributed by atoms with E-state index in [1.807, 2.05) is 6.92 Å². The molecule has 1 aliphatic carbocycles. The lowest BCUT2D eigenvalue weighted by Crippen LogP contribution is -2.34. The van der Waals surface area contributed by atoms with E-state index in [4.69, 9.17) is 14.2 Å². The van der Waals surface area contributed by atoms with Gasteiger partial charge in [0.1, 0.15) is 0 Å². The number of carbonyl (C=O) groups is 1. The molecule has 0 radical (unpaired) electrons. The summed E-state index contributed by atoms with van der Waals surface area (Å²) in [6, 6.07) is 3.42. The Morgan fingerprint density at radius 3 is 2.39 bits per heavy atom. The first-order chi connectivity index (χ1) is 11.1. The monoisotopic (exact) mass is 319 g/mol. The second-order valence-electron chi connectivity index (χ2n) is 5.60. The number of allylic oxidation sites excluding steroid dienone is 1. The predicted molar refractivity (Wildman–Crippen MR) is 89.6 cm³/mol. The van der Waals surface area contributed by atoms with Crippen molar-refractivity contribution in [3.63, 3.8) is 0 Å². The van der Waals surface area contributed by atoms with Gasteiger partial charge >= 0.3 is 0 Å². The van der Waals surface area contributed by atoms with Crippen LogP contribution >= 0.6 is 0 Å². The van der Waals surface area contributed by atoms with Gasteiger partial charge in [-0.1, -0.05) is 11.6 Å². The van der Waals surface area contributed by atoms with Gasteiger partial charge in [0, 0.05) is 6.04 Å². The van der Waals surface area contributed by atoms with Crippen LogP contribution in [0.25, 0.3) is 0 Å². The summed E-state index contributed by atoms with van der Waals surface area (Å²) in [5.41, 5.74) is 1.73. The van der Waals surface area contributed by atoms with E-state index >= 15 is 0 Å². The van der Waals surface area contributed by atoms with Crippen LogP contribution in [0.3, 0.4) is 0 Å². The van der Waals surface area contributed by atoms with Gasteiger partial charge in [-0.2, -0.15) is 0 Å². The van der Waals surface area contributed by atoms with Crippen LogP contribution in [0.2, 0.25) is 0 Å². The van der Waals surface area contributed by atoms with E-state index in [0.29, 0.717) is 22.8 Å². The lowest BCUT2D eigenvalue weighted by atomic mass is 9.94. The number of benzene rings is 1. The Morgan fingerprint density at radius 1 is 1.09 bits per heavy atom. The molecule has 0 aliphatic heterocycles. The molecule has 1 N–H and O–H groups in total. The van der Waals surface area contributed by atoms with E-state index in [2.05, 4.69) is 11.4 Å². The molecule has 0 unspecified atom stereocenters. The molecule has 126 valence electrons. The van der Waals surface area contributed by atoms with Crippen LogP contribution in [0.4, 0.5) is 0 Å². The van der Waals surface area contributed by atoms with Crippen LogP contribution in [-0.2, 0) is 0 Å². The molecule has 5 nitrogen and oxygen atoms in total. The van der Waals surface area contributed by atoms with Crippen LogP contribution in [0, 0.1) is 0 Å². The molecular weight excluding hydrogens is 294 g/mol. The topological polar surface area (TPSA) is 56.8 Å². The van der Waals surface area contributed by atoms with Gasteiger partial charge in [0.05, 0.1) is 26.9 Å². The molecule has 1 aromatic rings. The number of ether oxygens (including phenoxy) is 3. The molecule has 0 bridgehead atoms. The average Bonchev–Trinajstić information content (AvgIpc) is 2.60. The van der Waals surface area contributed by atoms with Crippen molar-refractivity contribution in [3.05, 3.63) is 29.3 Å². The summed E-state index contributed by atoms with van der Waals surface area (Å²) >= 11 is 0. The quantitative estimate of drug-likeness (QED) is 0.817. The van der Waals surface area contributed by atoms with Crippen LogP contribution in [0.1, 0.15) is 43.0 Å². The zero-order valence-electron chi connectivity index (χ0n) is 14.3. The Bertz CT molecular complexity index is 595. The van der Waals surface area contributed by atoms with Crippen molar-refractivity contribution in [1.82, 2.24) is 5.32 Å². The molecule has 5 heteroatoms. The Kier molecular flexibility index (Phi) is 5.90. The number of methoxy groups -OCH3 is 3. The van der Waals surface area contributed by atoms with Crippen molar-refractivity contribution in [1.29, 1.82) is 0 Å². The van der Waals surface area contributed by atoms with Crippen molar-refractivity contribution < 1.29 is 19.0 Å². The molecular formula is C18H25NO4. The minimum absolute atomic E-state index is 0.0144. The lowest BCUT2D eigenvalue weighted by molar-refractivity contribution is 0.0940. The number of rotatable bonds is 6. The van der Waals surface area contributed by atoms with Gasteiger partial charge in [0.25, 0.3) is 5.91 Å². The largest absolute Gasteiger partial charge is 0.493 e. The summed E-state index contributed by atoms with van der Waals surface area (Å²) in [5.74, 6) is 1.16. The molecule has 1 aliphatic rings. The molecule has 0 spiro atoms. The van der Waals surface area contributed by atoms with Gasteiger partial charge in [-0.05, 0) is 44.7 Å². The SMILES string of the molecule is COc1ccc(C(=O)N[C@H](C)C2=CCCCC2)c(OC)c1OC. The van der Waals surface area contributed by atoms with Gasteiger partial charge in [-0.25, -0.2) is 0 Å². The summed E-state index contributed by atoms with van der Waals surface area (Å²) in [4.78, 5) is 12.6. The van der Waals surface area contributed by atoms with E-state index in [1.165, 1.54) is 32.6 Å². The van der Waals surface area contributed by atoms with E-state index in [9.17, 15) is 4.79 Å². The van der Waals surface area contributed by atoms with Crippen molar-refractivity contribution in [2.45, 2.75) is 38.6 Å². The number of hydrogen-bond donors (Lipinski definition) is 1. The van der Waals surface area contributed by atoms with Crippen molar-refractivity contribution in [2.75, 3.05) is 21.3 Å².